The number of carboxylic acids is 1. The van der Waals surface area contributed by atoms with Gasteiger partial charge in [0.2, 0.25) is 5.91 Å². The number of hydrogen-bond donors (Lipinski definition) is 2. The van der Waals surface area contributed by atoms with Gasteiger partial charge in [-0.05, 0) is 18.3 Å². The summed E-state index contributed by atoms with van der Waals surface area (Å²) < 4.78 is 0. The Hall–Kier alpha value is -1.06. The van der Waals surface area contributed by atoms with E-state index in [1.807, 2.05) is 20.8 Å². The monoisotopic (exact) mass is 269 g/mol. The highest BCUT2D eigenvalue weighted by atomic mass is 16.4. The first-order chi connectivity index (χ1) is 8.91. The standard InChI is InChI=1S/C15H27NO3/c1-10(2)13(15(18)19)16-14(17)11(3)9-12-7-5-4-6-8-12/h10-13H,4-9H2,1-3H3,(H,16,17)(H,18,19)/t11?,13-/m1/s1. The van der Waals surface area contributed by atoms with E-state index in [-0.39, 0.29) is 17.7 Å². The zero-order chi connectivity index (χ0) is 14.4. The van der Waals surface area contributed by atoms with E-state index in [0.717, 1.165) is 6.42 Å². The average molecular weight is 269 g/mol. The van der Waals surface area contributed by atoms with Crippen molar-refractivity contribution in [3.05, 3.63) is 0 Å². The molecule has 4 heteroatoms. The van der Waals surface area contributed by atoms with Gasteiger partial charge in [0.15, 0.2) is 0 Å². The molecule has 0 heterocycles. The van der Waals surface area contributed by atoms with Crippen molar-refractivity contribution >= 4 is 11.9 Å². The Bertz CT molecular complexity index is 309. The Balaban J connectivity index is 2.44. The smallest absolute Gasteiger partial charge is 0.326 e. The Kier molecular flexibility index (Phi) is 6.32. The Morgan fingerprint density at radius 3 is 2.21 bits per heavy atom. The second-order valence-corrected chi connectivity index (χ2v) is 6.21. The number of carbonyl (C=O) groups excluding carboxylic acids is 1. The summed E-state index contributed by atoms with van der Waals surface area (Å²) in [5.74, 6) is -0.622. The van der Waals surface area contributed by atoms with Crippen LogP contribution in [0.4, 0.5) is 0 Å². The predicted molar refractivity (Wildman–Crippen MR) is 74.8 cm³/mol. The van der Waals surface area contributed by atoms with Crippen LogP contribution in [0.5, 0.6) is 0 Å². The van der Waals surface area contributed by atoms with Crippen molar-refractivity contribution in [3.63, 3.8) is 0 Å². The normalized spacial score (nSPS) is 20.0. The maximum Gasteiger partial charge on any atom is 0.326 e. The molecule has 0 saturated heterocycles. The van der Waals surface area contributed by atoms with Crippen molar-refractivity contribution in [2.24, 2.45) is 17.8 Å². The maximum atomic E-state index is 12.1. The fourth-order valence-electron chi connectivity index (χ4n) is 2.84. The molecule has 0 radical (unpaired) electrons. The molecule has 1 fully saturated rings. The number of amides is 1. The molecule has 2 N–H and O–H groups in total. The molecule has 4 nitrogen and oxygen atoms in total. The molecule has 0 bridgehead atoms. The van der Waals surface area contributed by atoms with Gasteiger partial charge in [-0.2, -0.15) is 0 Å². The minimum absolute atomic E-state index is 0.0938. The molecule has 1 aliphatic rings. The highest BCUT2D eigenvalue weighted by Gasteiger charge is 2.27. The number of hydrogen-bond acceptors (Lipinski definition) is 2. The van der Waals surface area contributed by atoms with Crippen LogP contribution in [0.2, 0.25) is 0 Å². The molecule has 1 rings (SSSR count). The van der Waals surface area contributed by atoms with Gasteiger partial charge in [0, 0.05) is 5.92 Å². The second kappa shape index (κ2) is 7.51. The zero-order valence-electron chi connectivity index (χ0n) is 12.3. The number of rotatable bonds is 6. The summed E-state index contributed by atoms with van der Waals surface area (Å²) in [6, 6.07) is -0.777. The van der Waals surface area contributed by atoms with Gasteiger partial charge in [-0.3, -0.25) is 4.79 Å². The lowest BCUT2D eigenvalue weighted by Gasteiger charge is -2.25. The number of carboxylic acid groups (broad SMARTS) is 1. The van der Waals surface area contributed by atoms with Crippen LogP contribution in [0.3, 0.4) is 0 Å². The van der Waals surface area contributed by atoms with E-state index in [4.69, 9.17) is 5.11 Å². The molecule has 19 heavy (non-hydrogen) atoms. The van der Waals surface area contributed by atoms with Crippen LogP contribution in [0, 0.1) is 17.8 Å². The average Bonchev–Trinajstić information content (AvgIpc) is 2.35. The minimum Gasteiger partial charge on any atom is -0.480 e. The molecule has 1 unspecified atom stereocenters. The minimum atomic E-state index is -0.951. The molecule has 0 spiro atoms. The predicted octanol–water partition coefficient (Wildman–Crippen LogP) is 2.82. The summed E-state index contributed by atoms with van der Waals surface area (Å²) >= 11 is 0. The van der Waals surface area contributed by atoms with Gasteiger partial charge in [-0.15, -0.1) is 0 Å². The third kappa shape index (κ3) is 5.21. The molecule has 1 saturated carbocycles. The van der Waals surface area contributed by atoms with Gasteiger partial charge in [-0.1, -0.05) is 52.9 Å². The Morgan fingerprint density at radius 1 is 1.16 bits per heavy atom. The van der Waals surface area contributed by atoms with Gasteiger partial charge >= 0.3 is 5.97 Å². The molecular formula is C15H27NO3. The van der Waals surface area contributed by atoms with Crippen molar-refractivity contribution in [3.8, 4) is 0 Å². The quantitative estimate of drug-likeness (QED) is 0.779. The molecule has 0 aromatic heterocycles. The Labute approximate surface area is 116 Å². The van der Waals surface area contributed by atoms with Gasteiger partial charge in [0.1, 0.15) is 6.04 Å². The molecule has 0 aromatic rings. The van der Waals surface area contributed by atoms with E-state index in [0.29, 0.717) is 5.92 Å². The SMILES string of the molecule is CC(CC1CCCCC1)C(=O)N[C@@H](C(=O)O)C(C)C. The van der Waals surface area contributed by atoms with E-state index < -0.39 is 12.0 Å². The molecule has 1 amide bonds. The summed E-state index contributed by atoms with van der Waals surface area (Å²) in [5, 5.41) is 11.7. The fourth-order valence-corrected chi connectivity index (χ4v) is 2.84. The van der Waals surface area contributed by atoms with Gasteiger partial charge in [0.25, 0.3) is 0 Å². The third-order valence-corrected chi connectivity index (χ3v) is 4.09. The van der Waals surface area contributed by atoms with E-state index in [1.54, 1.807) is 0 Å². The van der Waals surface area contributed by atoms with Crippen LogP contribution in [-0.4, -0.2) is 23.0 Å². The highest BCUT2D eigenvalue weighted by molar-refractivity contribution is 5.84. The molecule has 0 aromatic carbocycles. The van der Waals surface area contributed by atoms with Crippen molar-refractivity contribution in [1.82, 2.24) is 5.32 Å². The van der Waals surface area contributed by atoms with Gasteiger partial charge in [-0.25, -0.2) is 4.79 Å². The third-order valence-electron chi connectivity index (χ3n) is 4.09. The second-order valence-electron chi connectivity index (χ2n) is 6.21. The van der Waals surface area contributed by atoms with E-state index in [9.17, 15) is 9.59 Å². The van der Waals surface area contributed by atoms with E-state index >= 15 is 0 Å². The first kappa shape index (κ1) is 16.0. The summed E-state index contributed by atoms with van der Waals surface area (Å²) in [4.78, 5) is 23.1. The van der Waals surface area contributed by atoms with Crippen LogP contribution in [0.1, 0.15) is 59.3 Å². The molecular weight excluding hydrogens is 242 g/mol. The first-order valence-electron chi connectivity index (χ1n) is 7.45. The number of nitrogens with one attached hydrogen (secondary N) is 1. The highest BCUT2D eigenvalue weighted by Crippen LogP contribution is 2.29. The zero-order valence-corrected chi connectivity index (χ0v) is 12.3. The van der Waals surface area contributed by atoms with Gasteiger partial charge in [0.05, 0.1) is 0 Å². The topological polar surface area (TPSA) is 66.4 Å². The van der Waals surface area contributed by atoms with Crippen molar-refractivity contribution in [2.75, 3.05) is 0 Å². The molecule has 2 atom stereocenters. The van der Waals surface area contributed by atoms with Crippen LogP contribution >= 0.6 is 0 Å². The molecule has 0 aliphatic heterocycles. The van der Waals surface area contributed by atoms with Crippen molar-refractivity contribution < 1.29 is 14.7 Å². The number of aliphatic carboxylic acids is 1. The van der Waals surface area contributed by atoms with Crippen LogP contribution in [-0.2, 0) is 9.59 Å². The van der Waals surface area contributed by atoms with Crippen LogP contribution < -0.4 is 5.32 Å². The first-order valence-corrected chi connectivity index (χ1v) is 7.45. The molecule has 110 valence electrons. The summed E-state index contributed by atoms with van der Waals surface area (Å²) in [6.07, 6.45) is 7.15. The number of carbonyl (C=O) groups is 2. The van der Waals surface area contributed by atoms with E-state index in [2.05, 4.69) is 5.32 Å². The van der Waals surface area contributed by atoms with E-state index in [1.165, 1.54) is 32.1 Å². The summed E-state index contributed by atoms with van der Waals surface area (Å²) in [6.45, 7) is 5.53. The van der Waals surface area contributed by atoms with Crippen molar-refractivity contribution in [2.45, 2.75) is 65.3 Å². The lowest BCUT2D eigenvalue weighted by Crippen LogP contribution is -2.46. The lowest BCUT2D eigenvalue weighted by molar-refractivity contribution is -0.143. The Morgan fingerprint density at radius 2 is 1.74 bits per heavy atom. The van der Waals surface area contributed by atoms with Crippen LogP contribution in [0.15, 0.2) is 0 Å². The fraction of sp³-hybridized carbons (Fsp3) is 0.867. The summed E-state index contributed by atoms with van der Waals surface area (Å²) in [5.41, 5.74) is 0. The maximum absolute atomic E-state index is 12.1. The van der Waals surface area contributed by atoms with Crippen LogP contribution in [0.25, 0.3) is 0 Å². The summed E-state index contributed by atoms with van der Waals surface area (Å²) in [7, 11) is 0. The largest absolute Gasteiger partial charge is 0.480 e. The molecule has 1 aliphatic carbocycles. The van der Waals surface area contributed by atoms with Crippen molar-refractivity contribution in [1.29, 1.82) is 0 Å². The lowest BCUT2D eigenvalue weighted by atomic mass is 9.83. The van der Waals surface area contributed by atoms with Gasteiger partial charge < -0.3 is 10.4 Å².